The van der Waals surface area contributed by atoms with Crippen LogP contribution in [0.2, 0.25) is 0 Å². The molecular weight excluding hydrogens is 246 g/mol. The number of nitrogens with two attached hydrogens (primary N) is 2. The number of hydrogen-bond acceptors (Lipinski definition) is 4. The molecule has 0 atom stereocenters. The van der Waals surface area contributed by atoms with Gasteiger partial charge in [-0.3, -0.25) is 9.59 Å². The Bertz CT molecular complexity index is 486. The Balaban J connectivity index is 2.97. The number of carbonyl (C=O) groups is 2. The molecule has 0 aliphatic carbocycles. The summed E-state index contributed by atoms with van der Waals surface area (Å²) in [5.41, 5.74) is 11.1. The topological polar surface area (TPSA) is 110 Å². The summed E-state index contributed by atoms with van der Waals surface area (Å²) in [4.78, 5) is 24.6. The van der Waals surface area contributed by atoms with Crippen LogP contribution in [0.1, 0.15) is 24.2 Å². The lowest BCUT2D eigenvalue weighted by molar-refractivity contribution is -0.118. The number of benzene rings is 1. The van der Waals surface area contributed by atoms with Crippen molar-refractivity contribution in [3.05, 3.63) is 23.8 Å². The van der Waals surface area contributed by atoms with Crippen LogP contribution in [0.25, 0.3) is 0 Å². The summed E-state index contributed by atoms with van der Waals surface area (Å²) in [6, 6.07) is 4.23. The summed E-state index contributed by atoms with van der Waals surface area (Å²) < 4.78 is 0. The molecular formula is C13H19N3O3. The maximum Gasteiger partial charge on any atom is 0.254 e. The van der Waals surface area contributed by atoms with Crippen molar-refractivity contribution in [1.82, 2.24) is 4.90 Å². The average molecular weight is 265 g/mol. The Morgan fingerprint density at radius 1 is 1.37 bits per heavy atom. The number of nitrogens with zero attached hydrogens (tertiary/aromatic N) is 1. The van der Waals surface area contributed by atoms with Crippen molar-refractivity contribution in [2.75, 3.05) is 18.8 Å². The predicted octanol–water partition coefficient (Wildman–Crippen LogP) is 0.558. The second-order valence-electron chi connectivity index (χ2n) is 4.82. The predicted molar refractivity (Wildman–Crippen MR) is 72.5 cm³/mol. The van der Waals surface area contributed by atoms with E-state index in [1.54, 1.807) is 0 Å². The smallest absolute Gasteiger partial charge is 0.254 e. The van der Waals surface area contributed by atoms with E-state index in [1.807, 2.05) is 13.8 Å². The summed E-state index contributed by atoms with van der Waals surface area (Å²) in [6.45, 7) is 4.12. The molecule has 0 bridgehead atoms. The van der Waals surface area contributed by atoms with Crippen molar-refractivity contribution in [3.63, 3.8) is 0 Å². The van der Waals surface area contributed by atoms with Gasteiger partial charge in [-0.1, -0.05) is 13.8 Å². The van der Waals surface area contributed by atoms with E-state index >= 15 is 0 Å². The van der Waals surface area contributed by atoms with E-state index in [2.05, 4.69) is 0 Å². The molecule has 0 aliphatic rings. The number of carbonyl (C=O) groups excluding carboxylic acids is 2. The van der Waals surface area contributed by atoms with Crippen LogP contribution in [0.4, 0.5) is 5.69 Å². The lowest BCUT2D eigenvalue weighted by atomic mass is 10.1. The van der Waals surface area contributed by atoms with Crippen molar-refractivity contribution in [2.45, 2.75) is 13.8 Å². The second-order valence-corrected chi connectivity index (χ2v) is 4.82. The highest BCUT2D eigenvalue weighted by molar-refractivity contribution is 5.97. The normalized spacial score (nSPS) is 10.5. The number of aromatic hydroxyl groups is 1. The molecule has 1 rings (SSSR count). The monoisotopic (exact) mass is 265 g/mol. The maximum atomic E-state index is 12.2. The zero-order valence-electron chi connectivity index (χ0n) is 11.1. The highest BCUT2D eigenvalue weighted by Crippen LogP contribution is 2.21. The first kappa shape index (κ1) is 14.8. The molecule has 19 heavy (non-hydrogen) atoms. The van der Waals surface area contributed by atoms with Gasteiger partial charge in [0.15, 0.2) is 0 Å². The largest absolute Gasteiger partial charge is 0.506 e. The third-order valence-electron chi connectivity index (χ3n) is 2.50. The minimum atomic E-state index is -0.575. The first-order valence-corrected chi connectivity index (χ1v) is 5.97. The maximum absolute atomic E-state index is 12.2. The first-order chi connectivity index (χ1) is 8.81. The van der Waals surface area contributed by atoms with Gasteiger partial charge in [0.05, 0.1) is 12.2 Å². The SMILES string of the molecule is CC(C)CN(CC(N)=O)C(=O)c1ccc(N)c(O)c1. The van der Waals surface area contributed by atoms with Gasteiger partial charge in [0.25, 0.3) is 5.91 Å². The minimum absolute atomic E-state index is 0.151. The van der Waals surface area contributed by atoms with Gasteiger partial charge in [-0.2, -0.15) is 0 Å². The Kier molecular flexibility index (Phi) is 4.74. The lowest BCUT2D eigenvalue weighted by Crippen LogP contribution is -2.40. The van der Waals surface area contributed by atoms with Crippen LogP contribution in [0, 0.1) is 5.92 Å². The van der Waals surface area contributed by atoms with Gasteiger partial charge in [0, 0.05) is 12.1 Å². The molecule has 0 unspecified atom stereocenters. The van der Waals surface area contributed by atoms with Crippen molar-refractivity contribution in [1.29, 1.82) is 0 Å². The molecule has 1 aromatic rings. The summed E-state index contributed by atoms with van der Waals surface area (Å²) in [5.74, 6) is -0.892. The standard InChI is InChI=1S/C13H19N3O3/c1-8(2)6-16(7-12(15)18)13(19)9-3-4-10(14)11(17)5-9/h3-5,8,17H,6-7,14H2,1-2H3,(H2,15,18). The van der Waals surface area contributed by atoms with Gasteiger partial charge in [0.1, 0.15) is 5.75 Å². The fraction of sp³-hybridized carbons (Fsp3) is 0.385. The van der Waals surface area contributed by atoms with Crippen LogP contribution in [0.15, 0.2) is 18.2 Å². The van der Waals surface area contributed by atoms with Crippen LogP contribution < -0.4 is 11.5 Å². The highest BCUT2D eigenvalue weighted by atomic mass is 16.3. The molecule has 6 heteroatoms. The van der Waals surface area contributed by atoms with Crippen molar-refractivity contribution in [2.24, 2.45) is 11.7 Å². The Labute approximate surface area is 112 Å². The van der Waals surface area contributed by atoms with Crippen LogP contribution in [0.3, 0.4) is 0 Å². The average Bonchev–Trinajstić information content (AvgIpc) is 2.29. The number of nitrogen functional groups attached to an aromatic ring is 1. The van der Waals surface area contributed by atoms with E-state index in [4.69, 9.17) is 11.5 Å². The molecule has 0 fully saturated rings. The van der Waals surface area contributed by atoms with Crippen LogP contribution in [-0.4, -0.2) is 34.9 Å². The molecule has 6 nitrogen and oxygen atoms in total. The molecule has 0 aromatic heterocycles. The van der Waals surface area contributed by atoms with E-state index in [-0.39, 0.29) is 35.4 Å². The zero-order valence-corrected chi connectivity index (χ0v) is 11.1. The van der Waals surface area contributed by atoms with Crippen molar-refractivity contribution in [3.8, 4) is 5.75 Å². The summed E-state index contributed by atoms with van der Waals surface area (Å²) in [5, 5.41) is 9.51. The number of primary amides is 1. The molecule has 104 valence electrons. The molecule has 0 spiro atoms. The Morgan fingerprint density at radius 3 is 2.47 bits per heavy atom. The van der Waals surface area contributed by atoms with E-state index in [0.29, 0.717) is 6.54 Å². The van der Waals surface area contributed by atoms with Crippen LogP contribution in [0.5, 0.6) is 5.75 Å². The van der Waals surface area contributed by atoms with Crippen molar-refractivity contribution >= 4 is 17.5 Å². The number of amides is 2. The van der Waals surface area contributed by atoms with Gasteiger partial charge in [-0.05, 0) is 24.1 Å². The van der Waals surface area contributed by atoms with Gasteiger partial charge in [-0.15, -0.1) is 0 Å². The molecule has 0 heterocycles. The molecule has 0 saturated heterocycles. The lowest BCUT2D eigenvalue weighted by Gasteiger charge is -2.23. The van der Waals surface area contributed by atoms with E-state index in [0.717, 1.165) is 0 Å². The van der Waals surface area contributed by atoms with Crippen molar-refractivity contribution < 1.29 is 14.7 Å². The highest BCUT2D eigenvalue weighted by Gasteiger charge is 2.19. The number of phenolic OH excluding ortho intramolecular Hbond substituents is 1. The van der Waals surface area contributed by atoms with Gasteiger partial charge < -0.3 is 21.5 Å². The Hall–Kier alpha value is -2.24. The molecule has 1 aromatic carbocycles. The van der Waals surface area contributed by atoms with E-state index < -0.39 is 5.91 Å². The van der Waals surface area contributed by atoms with Gasteiger partial charge >= 0.3 is 0 Å². The third-order valence-corrected chi connectivity index (χ3v) is 2.50. The second kappa shape index (κ2) is 6.08. The third kappa shape index (κ3) is 4.17. The fourth-order valence-electron chi connectivity index (χ4n) is 1.71. The first-order valence-electron chi connectivity index (χ1n) is 5.97. The number of hydrogen-bond donors (Lipinski definition) is 3. The minimum Gasteiger partial charge on any atom is -0.506 e. The quantitative estimate of drug-likeness (QED) is 0.533. The van der Waals surface area contributed by atoms with Gasteiger partial charge in [-0.25, -0.2) is 0 Å². The molecule has 2 amide bonds. The Morgan fingerprint density at radius 2 is 2.00 bits per heavy atom. The molecule has 0 radical (unpaired) electrons. The number of anilines is 1. The molecule has 0 aliphatic heterocycles. The number of phenols is 1. The molecule has 0 saturated carbocycles. The van der Waals surface area contributed by atoms with Crippen LogP contribution >= 0.6 is 0 Å². The fourth-order valence-corrected chi connectivity index (χ4v) is 1.71. The zero-order chi connectivity index (χ0) is 14.6. The summed E-state index contributed by atoms with van der Waals surface area (Å²) >= 11 is 0. The van der Waals surface area contributed by atoms with Gasteiger partial charge in [0.2, 0.25) is 5.91 Å². The van der Waals surface area contributed by atoms with E-state index in [1.165, 1.54) is 23.1 Å². The summed E-state index contributed by atoms with van der Waals surface area (Å²) in [7, 11) is 0. The molecule has 5 N–H and O–H groups in total. The summed E-state index contributed by atoms with van der Waals surface area (Å²) in [6.07, 6.45) is 0. The number of rotatable bonds is 5. The van der Waals surface area contributed by atoms with E-state index in [9.17, 15) is 14.7 Å². The van der Waals surface area contributed by atoms with Crippen LogP contribution in [-0.2, 0) is 4.79 Å².